The zero-order valence-corrected chi connectivity index (χ0v) is 19.0. The maximum absolute atomic E-state index is 13.5. The van der Waals surface area contributed by atoms with Crippen LogP contribution in [-0.2, 0) is 26.0 Å². The van der Waals surface area contributed by atoms with Crippen molar-refractivity contribution in [2.45, 2.75) is 70.9 Å². The lowest BCUT2D eigenvalue weighted by Crippen LogP contribution is -2.71. The molecule has 2 aliphatic rings. The Balaban J connectivity index is 2.03. The summed E-state index contributed by atoms with van der Waals surface area (Å²) in [4.78, 5) is 28.4. The van der Waals surface area contributed by atoms with Crippen LogP contribution in [0, 0.1) is 0 Å². The quantitative estimate of drug-likeness (QED) is 0.713. The molecule has 1 aromatic rings. The average Bonchev–Trinajstić information content (AvgIpc) is 3.20. The Morgan fingerprint density at radius 3 is 2.50 bits per heavy atom. The highest BCUT2D eigenvalue weighted by Gasteiger charge is 2.51. The number of nitrogens with zero attached hydrogens (tertiary/aromatic N) is 2. The lowest BCUT2D eigenvalue weighted by atomic mass is 9.92. The van der Waals surface area contributed by atoms with E-state index in [1.807, 2.05) is 31.2 Å². The van der Waals surface area contributed by atoms with E-state index in [1.165, 1.54) is 9.21 Å². The smallest absolute Gasteiger partial charge is 0.247 e. The predicted octanol–water partition coefficient (Wildman–Crippen LogP) is 2.45. The van der Waals surface area contributed by atoms with Gasteiger partial charge in [0.15, 0.2) is 0 Å². The largest absolute Gasteiger partial charge is 0.351 e. The number of nitrogens with one attached hydrogen (secondary N) is 1. The average molecular weight is 436 g/mol. The zero-order chi connectivity index (χ0) is 21.9. The molecule has 166 valence electrons. The Morgan fingerprint density at radius 2 is 1.87 bits per heavy atom. The molecular formula is C22H33N3O4S. The lowest BCUT2D eigenvalue weighted by Gasteiger charge is -2.47. The van der Waals surface area contributed by atoms with Crippen LogP contribution in [0.3, 0.4) is 0 Å². The minimum atomic E-state index is -3.61. The molecule has 30 heavy (non-hydrogen) atoms. The number of carbonyl (C=O) groups excluding carboxylic acids is 2. The molecule has 2 amide bonds. The number of anilines is 1. The topological polar surface area (TPSA) is 86.8 Å². The second kappa shape index (κ2) is 9.06. The Morgan fingerprint density at radius 1 is 1.20 bits per heavy atom. The summed E-state index contributed by atoms with van der Waals surface area (Å²) in [5.41, 5.74) is 0.321. The van der Waals surface area contributed by atoms with Gasteiger partial charge in [-0.25, -0.2) is 8.42 Å². The molecule has 1 heterocycles. The van der Waals surface area contributed by atoms with E-state index in [0.717, 1.165) is 31.2 Å². The molecule has 0 unspecified atom stereocenters. The summed E-state index contributed by atoms with van der Waals surface area (Å²) in [6.07, 6.45) is 5.14. The number of hydrogen-bond acceptors (Lipinski definition) is 4. The van der Waals surface area contributed by atoms with Crippen molar-refractivity contribution in [2.24, 2.45) is 0 Å². The third kappa shape index (κ3) is 4.39. The van der Waals surface area contributed by atoms with E-state index in [1.54, 1.807) is 13.8 Å². The van der Waals surface area contributed by atoms with Gasteiger partial charge in [0.2, 0.25) is 21.8 Å². The van der Waals surface area contributed by atoms with Crippen molar-refractivity contribution in [3.63, 3.8) is 0 Å². The summed E-state index contributed by atoms with van der Waals surface area (Å²) in [5.74, 6) is -0.692. The first-order valence-electron chi connectivity index (χ1n) is 10.9. The van der Waals surface area contributed by atoms with Gasteiger partial charge in [-0.1, -0.05) is 44.9 Å². The third-order valence-electron chi connectivity index (χ3n) is 6.19. The fraction of sp³-hybridized carbons (Fsp3) is 0.636. The lowest BCUT2D eigenvalue weighted by molar-refractivity contribution is -0.133. The van der Waals surface area contributed by atoms with E-state index < -0.39 is 15.6 Å². The molecule has 8 heteroatoms. The number of piperazine rings is 1. The molecule has 0 radical (unpaired) electrons. The summed E-state index contributed by atoms with van der Waals surface area (Å²) in [7, 11) is -3.61. The molecule has 1 atom stereocenters. The van der Waals surface area contributed by atoms with Crippen molar-refractivity contribution in [2.75, 3.05) is 23.7 Å². The van der Waals surface area contributed by atoms with Crippen LogP contribution >= 0.6 is 0 Å². The normalized spacial score (nSPS) is 23.7. The van der Waals surface area contributed by atoms with E-state index >= 15 is 0 Å². The van der Waals surface area contributed by atoms with Gasteiger partial charge in [0.05, 0.1) is 12.3 Å². The van der Waals surface area contributed by atoms with E-state index in [2.05, 4.69) is 5.32 Å². The first-order valence-corrected chi connectivity index (χ1v) is 12.5. The van der Waals surface area contributed by atoms with Crippen LogP contribution < -0.4 is 10.2 Å². The summed E-state index contributed by atoms with van der Waals surface area (Å²) in [6, 6.07) is 7.61. The maximum atomic E-state index is 13.5. The van der Waals surface area contributed by atoms with E-state index in [9.17, 15) is 18.0 Å². The Labute approximate surface area is 179 Å². The van der Waals surface area contributed by atoms with Gasteiger partial charge in [-0.05, 0) is 44.2 Å². The molecule has 1 aromatic carbocycles. The van der Waals surface area contributed by atoms with Gasteiger partial charge in [0, 0.05) is 18.3 Å². The van der Waals surface area contributed by atoms with Crippen molar-refractivity contribution in [3.05, 3.63) is 29.8 Å². The Hall–Kier alpha value is -1.93. The number of sulfonamides is 1. The molecule has 1 saturated heterocycles. The van der Waals surface area contributed by atoms with Gasteiger partial charge in [0.1, 0.15) is 5.54 Å². The van der Waals surface area contributed by atoms with Crippen molar-refractivity contribution in [1.29, 1.82) is 0 Å². The number of benzene rings is 1. The van der Waals surface area contributed by atoms with E-state index in [4.69, 9.17) is 0 Å². The fourth-order valence-electron chi connectivity index (χ4n) is 4.56. The second-order valence-electron chi connectivity index (χ2n) is 8.52. The summed E-state index contributed by atoms with van der Waals surface area (Å²) < 4.78 is 26.7. The molecule has 1 aliphatic carbocycles. The third-order valence-corrected chi connectivity index (χ3v) is 8.16. The minimum absolute atomic E-state index is 0.0356. The standard InChI is InChI=1S/C22H33N3O4S/c1-4-14-30(28,29)24-15-20(26)25(19-13-9-6-10-17(19)5-2)22(3,16-24)21(27)23-18-11-7-8-12-18/h6,9-10,13,18H,4-5,7-8,11-12,14-16H2,1-3H3,(H,23,27)/t22-/m1/s1. The molecule has 0 bridgehead atoms. The minimum Gasteiger partial charge on any atom is -0.351 e. The van der Waals surface area contributed by atoms with Gasteiger partial charge in [-0.2, -0.15) is 4.31 Å². The van der Waals surface area contributed by atoms with Crippen LogP contribution in [-0.4, -0.2) is 55.0 Å². The highest BCUT2D eigenvalue weighted by Crippen LogP contribution is 2.34. The molecule has 7 nitrogen and oxygen atoms in total. The monoisotopic (exact) mass is 435 g/mol. The number of hydrogen-bond donors (Lipinski definition) is 1. The maximum Gasteiger partial charge on any atom is 0.247 e. The molecule has 0 spiro atoms. The number of amides is 2. The predicted molar refractivity (Wildman–Crippen MR) is 118 cm³/mol. The first-order chi connectivity index (χ1) is 14.2. The number of aryl methyl sites for hydroxylation is 1. The van der Waals surface area contributed by atoms with Crippen molar-refractivity contribution in [1.82, 2.24) is 9.62 Å². The SMILES string of the molecule is CCCS(=O)(=O)N1CC(=O)N(c2ccccc2CC)[C@@](C)(C(=O)NC2CCCC2)C1. The van der Waals surface area contributed by atoms with Crippen LogP contribution in [0.1, 0.15) is 58.4 Å². The van der Waals surface area contributed by atoms with E-state index in [-0.39, 0.29) is 36.7 Å². The van der Waals surface area contributed by atoms with E-state index in [0.29, 0.717) is 18.5 Å². The van der Waals surface area contributed by atoms with Gasteiger partial charge in [0.25, 0.3) is 0 Å². The Bertz CT molecular complexity index is 895. The summed E-state index contributed by atoms with van der Waals surface area (Å²) >= 11 is 0. The highest BCUT2D eigenvalue weighted by atomic mass is 32.2. The van der Waals surface area contributed by atoms with Crippen LogP contribution in [0.15, 0.2) is 24.3 Å². The second-order valence-corrected chi connectivity index (χ2v) is 10.6. The first kappa shape index (κ1) is 22.7. The number of para-hydroxylation sites is 1. The van der Waals surface area contributed by atoms with Gasteiger partial charge >= 0.3 is 0 Å². The fourth-order valence-corrected chi connectivity index (χ4v) is 6.09. The van der Waals surface area contributed by atoms with Crippen molar-refractivity contribution < 1.29 is 18.0 Å². The number of carbonyl (C=O) groups is 2. The van der Waals surface area contributed by atoms with Crippen LogP contribution in [0.5, 0.6) is 0 Å². The van der Waals surface area contributed by atoms with Gasteiger partial charge in [-0.15, -0.1) is 0 Å². The molecule has 1 saturated carbocycles. The summed E-state index contributed by atoms with van der Waals surface area (Å²) in [5, 5.41) is 3.10. The molecule has 0 aromatic heterocycles. The van der Waals surface area contributed by atoms with Crippen molar-refractivity contribution in [3.8, 4) is 0 Å². The zero-order valence-electron chi connectivity index (χ0n) is 18.2. The molecular weight excluding hydrogens is 402 g/mol. The highest BCUT2D eigenvalue weighted by molar-refractivity contribution is 7.89. The number of rotatable bonds is 7. The van der Waals surface area contributed by atoms with Gasteiger partial charge in [-0.3, -0.25) is 14.5 Å². The van der Waals surface area contributed by atoms with Gasteiger partial charge < -0.3 is 5.32 Å². The molecule has 3 rings (SSSR count). The van der Waals surface area contributed by atoms with Crippen LogP contribution in [0.25, 0.3) is 0 Å². The molecule has 1 N–H and O–H groups in total. The molecule has 2 fully saturated rings. The summed E-state index contributed by atoms with van der Waals surface area (Å²) in [6.45, 7) is 5.19. The van der Waals surface area contributed by atoms with Crippen LogP contribution in [0.2, 0.25) is 0 Å². The van der Waals surface area contributed by atoms with Crippen molar-refractivity contribution >= 4 is 27.5 Å². The Kier molecular flexibility index (Phi) is 6.87. The van der Waals surface area contributed by atoms with Crippen LogP contribution in [0.4, 0.5) is 5.69 Å². The molecule has 1 aliphatic heterocycles.